The van der Waals surface area contributed by atoms with E-state index >= 15 is 0 Å². The fourth-order valence-electron chi connectivity index (χ4n) is 1.17. The summed E-state index contributed by atoms with van der Waals surface area (Å²) < 4.78 is 0. The maximum Gasteiger partial charge on any atom is 0.337 e. The Labute approximate surface area is 96.3 Å². The standard InChI is InChI=1S/C11H6N2O4/c12-7-2-1-4-8-9(11(14)15)5-3-6-10(8)13(16)17/h3,5-6H,2H2,(H,14,15). The van der Waals surface area contributed by atoms with Crippen molar-refractivity contribution in [2.75, 3.05) is 0 Å². The van der Waals surface area contributed by atoms with Crippen LogP contribution in [-0.2, 0) is 0 Å². The molecule has 0 aliphatic heterocycles. The largest absolute Gasteiger partial charge is 0.478 e. The molecule has 1 rings (SSSR count). The molecule has 0 bridgehead atoms. The Morgan fingerprint density at radius 3 is 2.76 bits per heavy atom. The van der Waals surface area contributed by atoms with Crippen molar-refractivity contribution in [3.63, 3.8) is 0 Å². The Bertz CT molecular complexity index is 543. The van der Waals surface area contributed by atoms with Crippen molar-refractivity contribution in [3.8, 4) is 17.9 Å². The normalized spacial score (nSPS) is 8.65. The van der Waals surface area contributed by atoms with E-state index in [9.17, 15) is 14.9 Å². The minimum atomic E-state index is -1.30. The van der Waals surface area contributed by atoms with E-state index in [2.05, 4.69) is 11.8 Å². The maximum atomic E-state index is 10.9. The van der Waals surface area contributed by atoms with Crippen LogP contribution in [0.4, 0.5) is 5.69 Å². The molecule has 0 amide bonds. The molecule has 0 saturated heterocycles. The zero-order chi connectivity index (χ0) is 12.8. The van der Waals surface area contributed by atoms with E-state index in [0.717, 1.165) is 0 Å². The first-order valence-corrected chi connectivity index (χ1v) is 4.44. The number of carbonyl (C=O) groups is 1. The van der Waals surface area contributed by atoms with E-state index in [1.54, 1.807) is 6.07 Å². The summed E-state index contributed by atoms with van der Waals surface area (Å²) in [7, 11) is 0. The topological polar surface area (TPSA) is 104 Å². The molecular weight excluding hydrogens is 224 g/mol. The summed E-state index contributed by atoms with van der Waals surface area (Å²) in [6, 6.07) is 5.42. The highest BCUT2D eigenvalue weighted by Gasteiger charge is 2.19. The Morgan fingerprint density at radius 1 is 1.53 bits per heavy atom. The van der Waals surface area contributed by atoms with Gasteiger partial charge in [0.15, 0.2) is 0 Å². The first kappa shape index (κ1) is 12.2. The number of rotatable bonds is 2. The molecule has 0 spiro atoms. The molecule has 0 unspecified atom stereocenters. The molecular formula is C11H6N2O4. The van der Waals surface area contributed by atoms with Crippen LogP contribution in [0, 0.1) is 33.3 Å². The fourth-order valence-corrected chi connectivity index (χ4v) is 1.17. The van der Waals surface area contributed by atoms with Crippen LogP contribution in [0.1, 0.15) is 22.3 Å². The lowest BCUT2D eigenvalue weighted by Crippen LogP contribution is -2.03. The lowest BCUT2D eigenvalue weighted by atomic mass is 10.1. The van der Waals surface area contributed by atoms with E-state index in [-0.39, 0.29) is 23.2 Å². The first-order chi connectivity index (χ1) is 8.07. The van der Waals surface area contributed by atoms with Gasteiger partial charge in [-0.1, -0.05) is 17.9 Å². The molecule has 6 heteroatoms. The van der Waals surface area contributed by atoms with Crippen molar-refractivity contribution in [2.45, 2.75) is 6.42 Å². The van der Waals surface area contributed by atoms with E-state index in [4.69, 9.17) is 10.4 Å². The van der Waals surface area contributed by atoms with Gasteiger partial charge >= 0.3 is 5.97 Å². The van der Waals surface area contributed by atoms with Gasteiger partial charge in [-0.25, -0.2) is 4.79 Å². The minimum absolute atomic E-state index is 0.120. The lowest BCUT2D eigenvalue weighted by molar-refractivity contribution is -0.385. The van der Waals surface area contributed by atoms with E-state index in [1.807, 2.05) is 0 Å². The number of benzene rings is 1. The highest BCUT2D eigenvalue weighted by atomic mass is 16.6. The van der Waals surface area contributed by atoms with Crippen molar-refractivity contribution >= 4 is 11.7 Å². The van der Waals surface area contributed by atoms with Crippen LogP contribution in [0.15, 0.2) is 18.2 Å². The van der Waals surface area contributed by atoms with Crippen LogP contribution in [0.25, 0.3) is 0 Å². The molecule has 84 valence electrons. The molecule has 17 heavy (non-hydrogen) atoms. The van der Waals surface area contributed by atoms with Gasteiger partial charge < -0.3 is 5.11 Å². The fraction of sp³-hybridized carbons (Fsp3) is 0.0909. The molecule has 0 fully saturated rings. The summed E-state index contributed by atoms with van der Waals surface area (Å²) >= 11 is 0. The quantitative estimate of drug-likeness (QED) is 0.471. The Morgan fingerprint density at radius 2 is 2.24 bits per heavy atom. The molecule has 0 saturated carbocycles. The van der Waals surface area contributed by atoms with Gasteiger partial charge in [0, 0.05) is 6.07 Å². The molecule has 0 radical (unpaired) electrons. The molecule has 0 aromatic heterocycles. The summed E-state index contributed by atoms with van der Waals surface area (Å²) in [5.74, 6) is 3.42. The van der Waals surface area contributed by atoms with Crippen LogP contribution in [0.2, 0.25) is 0 Å². The molecule has 0 atom stereocenters. The highest BCUT2D eigenvalue weighted by Crippen LogP contribution is 2.21. The van der Waals surface area contributed by atoms with Gasteiger partial charge in [0.25, 0.3) is 5.69 Å². The molecule has 1 N–H and O–H groups in total. The number of nitro benzene ring substituents is 1. The van der Waals surface area contributed by atoms with Crippen LogP contribution in [-0.4, -0.2) is 16.0 Å². The van der Waals surface area contributed by atoms with Gasteiger partial charge in [-0.05, 0) is 6.07 Å². The average Bonchev–Trinajstić information content (AvgIpc) is 2.28. The third kappa shape index (κ3) is 2.80. The van der Waals surface area contributed by atoms with Gasteiger partial charge in [0.05, 0.1) is 23.0 Å². The SMILES string of the molecule is N#CCC#Cc1c(C(=O)O)cccc1[N+](=O)[O-]. The van der Waals surface area contributed by atoms with E-state index in [1.165, 1.54) is 18.2 Å². The first-order valence-electron chi connectivity index (χ1n) is 4.44. The second-order valence-electron chi connectivity index (χ2n) is 2.90. The number of carboxylic acid groups (broad SMARTS) is 1. The third-order valence-electron chi connectivity index (χ3n) is 1.85. The number of nitrogens with zero attached hydrogens (tertiary/aromatic N) is 2. The Hall–Kier alpha value is -2.86. The number of hydrogen-bond donors (Lipinski definition) is 1. The van der Waals surface area contributed by atoms with Crippen LogP contribution < -0.4 is 0 Å². The summed E-state index contributed by atoms with van der Waals surface area (Å²) in [6.45, 7) is 0. The maximum absolute atomic E-state index is 10.9. The van der Waals surface area contributed by atoms with Crippen molar-refractivity contribution in [3.05, 3.63) is 39.4 Å². The third-order valence-corrected chi connectivity index (χ3v) is 1.85. The van der Waals surface area contributed by atoms with Gasteiger partial charge in [0.1, 0.15) is 5.56 Å². The second kappa shape index (κ2) is 5.29. The summed E-state index contributed by atoms with van der Waals surface area (Å²) in [5.41, 5.74) is -0.805. The van der Waals surface area contributed by atoms with Crippen LogP contribution in [0.5, 0.6) is 0 Å². The average molecular weight is 230 g/mol. The zero-order valence-corrected chi connectivity index (χ0v) is 8.51. The van der Waals surface area contributed by atoms with Crippen LogP contribution >= 0.6 is 0 Å². The molecule has 1 aromatic rings. The molecule has 0 aliphatic rings. The number of hydrogen-bond acceptors (Lipinski definition) is 4. The predicted molar refractivity (Wildman–Crippen MR) is 57.2 cm³/mol. The second-order valence-corrected chi connectivity index (χ2v) is 2.90. The van der Waals surface area contributed by atoms with Crippen molar-refractivity contribution in [1.29, 1.82) is 5.26 Å². The van der Waals surface area contributed by atoms with Gasteiger partial charge in [-0.15, -0.1) is 0 Å². The Balaban J connectivity index is 3.41. The monoisotopic (exact) mass is 230 g/mol. The van der Waals surface area contributed by atoms with Crippen molar-refractivity contribution in [2.24, 2.45) is 0 Å². The molecule has 1 aromatic carbocycles. The van der Waals surface area contributed by atoms with Crippen molar-refractivity contribution < 1.29 is 14.8 Å². The van der Waals surface area contributed by atoms with E-state index in [0.29, 0.717) is 0 Å². The molecule has 0 aliphatic carbocycles. The van der Waals surface area contributed by atoms with E-state index < -0.39 is 10.9 Å². The lowest BCUT2D eigenvalue weighted by Gasteiger charge is -1.99. The molecule has 6 nitrogen and oxygen atoms in total. The summed E-state index contributed by atoms with van der Waals surface area (Å²) in [4.78, 5) is 20.9. The van der Waals surface area contributed by atoms with Crippen molar-refractivity contribution in [1.82, 2.24) is 0 Å². The Kier molecular flexibility index (Phi) is 3.80. The number of nitro groups is 1. The molecule has 0 heterocycles. The predicted octanol–water partition coefficient (Wildman–Crippen LogP) is 1.56. The summed E-state index contributed by atoms with van der Waals surface area (Å²) in [6.07, 6.45) is -0.120. The number of aromatic carboxylic acids is 1. The number of nitriles is 1. The van der Waals surface area contributed by atoms with Gasteiger partial charge in [0.2, 0.25) is 0 Å². The number of carboxylic acids is 1. The smallest absolute Gasteiger partial charge is 0.337 e. The van der Waals surface area contributed by atoms with Gasteiger partial charge in [-0.3, -0.25) is 10.1 Å². The van der Waals surface area contributed by atoms with Crippen LogP contribution in [0.3, 0.4) is 0 Å². The van der Waals surface area contributed by atoms with Gasteiger partial charge in [-0.2, -0.15) is 5.26 Å². The zero-order valence-electron chi connectivity index (χ0n) is 8.51. The summed E-state index contributed by atoms with van der Waals surface area (Å²) in [5, 5.41) is 27.9. The minimum Gasteiger partial charge on any atom is -0.478 e. The highest BCUT2D eigenvalue weighted by molar-refractivity contribution is 5.92.